The largest absolute Gasteiger partial charge is 0.481 e. The first kappa shape index (κ1) is 11.7. The Kier molecular flexibility index (Phi) is 7.03. The van der Waals surface area contributed by atoms with E-state index in [2.05, 4.69) is 0 Å². The molecule has 0 bridgehead atoms. The minimum atomic E-state index is -0.948. The summed E-state index contributed by atoms with van der Waals surface area (Å²) in [6, 6.07) is 0. The molecule has 5 heteroatoms. The number of rotatable bonds is 4. The van der Waals surface area contributed by atoms with Crippen molar-refractivity contribution in [1.82, 2.24) is 6.15 Å². The Morgan fingerprint density at radius 3 is 1.50 bits per heavy atom. The van der Waals surface area contributed by atoms with Gasteiger partial charge in [0.25, 0.3) is 0 Å². The summed E-state index contributed by atoms with van der Waals surface area (Å²) >= 11 is 0. The van der Waals surface area contributed by atoms with E-state index in [1.165, 1.54) is 0 Å². The lowest BCUT2D eigenvalue weighted by Gasteiger charge is -1.89. The first-order valence-corrected chi connectivity index (χ1v) is 2.56. The van der Waals surface area contributed by atoms with Gasteiger partial charge in [0, 0.05) is 12.8 Å². The minimum Gasteiger partial charge on any atom is -0.481 e. The zero-order chi connectivity index (χ0) is 7.28. The molecule has 0 aliphatic rings. The van der Waals surface area contributed by atoms with Crippen LogP contribution in [0.2, 0.25) is 0 Å². The SMILES string of the molecule is O=C(O)CCCC(=O)O.[NH4+]. The third-order valence-electron chi connectivity index (χ3n) is 0.781. The van der Waals surface area contributed by atoms with Crippen LogP contribution in [0.15, 0.2) is 0 Å². The maximum absolute atomic E-state index is 9.79. The quantitative estimate of drug-likeness (QED) is 0.547. The van der Waals surface area contributed by atoms with Crippen molar-refractivity contribution in [3.63, 3.8) is 0 Å². The lowest BCUT2D eigenvalue weighted by atomic mass is 10.2. The number of aliphatic carboxylic acids is 2. The highest BCUT2D eigenvalue weighted by Gasteiger charge is 1.99. The highest BCUT2D eigenvalue weighted by molar-refractivity contribution is 5.69. The fraction of sp³-hybridized carbons (Fsp3) is 0.600. The van der Waals surface area contributed by atoms with Crippen molar-refractivity contribution in [1.29, 1.82) is 0 Å². The van der Waals surface area contributed by atoms with E-state index in [0.29, 0.717) is 0 Å². The first-order valence-electron chi connectivity index (χ1n) is 2.56. The summed E-state index contributed by atoms with van der Waals surface area (Å²) in [4.78, 5) is 19.6. The molecule has 0 heterocycles. The topological polar surface area (TPSA) is 111 Å². The number of hydrogen-bond donors (Lipinski definition) is 3. The number of carbonyl (C=O) groups is 2. The monoisotopic (exact) mass is 150 g/mol. The van der Waals surface area contributed by atoms with Crippen LogP contribution in [0.1, 0.15) is 19.3 Å². The molecule has 0 fully saturated rings. The van der Waals surface area contributed by atoms with E-state index in [-0.39, 0.29) is 25.4 Å². The number of quaternary nitrogens is 1. The van der Waals surface area contributed by atoms with Crippen molar-refractivity contribution >= 4 is 11.9 Å². The van der Waals surface area contributed by atoms with Gasteiger partial charge in [0.2, 0.25) is 0 Å². The predicted molar refractivity (Wildman–Crippen MR) is 35.1 cm³/mol. The Morgan fingerprint density at radius 1 is 1.00 bits per heavy atom. The van der Waals surface area contributed by atoms with E-state index in [9.17, 15) is 9.59 Å². The van der Waals surface area contributed by atoms with Crippen LogP contribution >= 0.6 is 0 Å². The molecule has 60 valence electrons. The summed E-state index contributed by atoms with van der Waals surface area (Å²) in [5, 5.41) is 16.1. The van der Waals surface area contributed by atoms with Crippen LogP contribution in [-0.4, -0.2) is 22.2 Å². The fourth-order valence-corrected chi connectivity index (χ4v) is 0.391. The molecular formula is C5H12NO4+. The summed E-state index contributed by atoms with van der Waals surface area (Å²) in [6.45, 7) is 0. The molecule has 0 amide bonds. The zero-order valence-electron chi connectivity index (χ0n) is 5.83. The third-order valence-corrected chi connectivity index (χ3v) is 0.781. The van der Waals surface area contributed by atoms with E-state index in [1.54, 1.807) is 0 Å². The second-order valence-electron chi connectivity index (χ2n) is 1.64. The van der Waals surface area contributed by atoms with Crippen LogP contribution in [0.3, 0.4) is 0 Å². The van der Waals surface area contributed by atoms with Gasteiger partial charge < -0.3 is 16.4 Å². The van der Waals surface area contributed by atoms with Gasteiger partial charge in [-0.2, -0.15) is 0 Å². The van der Waals surface area contributed by atoms with Gasteiger partial charge in [-0.3, -0.25) is 9.59 Å². The van der Waals surface area contributed by atoms with Gasteiger partial charge in [0.05, 0.1) is 0 Å². The smallest absolute Gasteiger partial charge is 0.303 e. The number of hydrogen-bond acceptors (Lipinski definition) is 2. The molecule has 0 aromatic carbocycles. The third kappa shape index (κ3) is 10.0. The van der Waals surface area contributed by atoms with Crippen molar-refractivity contribution in [2.45, 2.75) is 19.3 Å². The molecular weight excluding hydrogens is 138 g/mol. The van der Waals surface area contributed by atoms with Crippen molar-refractivity contribution in [3.05, 3.63) is 0 Å². The van der Waals surface area contributed by atoms with Gasteiger partial charge in [-0.25, -0.2) is 0 Å². The lowest BCUT2D eigenvalue weighted by molar-refractivity contribution is -0.138. The summed E-state index contributed by atoms with van der Waals surface area (Å²) < 4.78 is 0. The lowest BCUT2D eigenvalue weighted by Crippen LogP contribution is -1.98. The van der Waals surface area contributed by atoms with Crippen LogP contribution in [0, 0.1) is 0 Å². The molecule has 0 atom stereocenters. The fourth-order valence-electron chi connectivity index (χ4n) is 0.391. The molecule has 0 aliphatic heterocycles. The summed E-state index contributed by atoms with van der Waals surface area (Å²) in [7, 11) is 0. The van der Waals surface area contributed by atoms with E-state index in [0.717, 1.165) is 0 Å². The van der Waals surface area contributed by atoms with Crippen molar-refractivity contribution in [2.24, 2.45) is 0 Å². The molecule has 0 unspecified atom stereocenters. The van der Waals surface area contributed by atoms with Crippen LogP contribution in [0.5, 0.6) is 0 Å². The highest BCUT2D eigenvalue weighted by atomic mass is 16.4. The second-order valence-corrected chi connectivity index (χ2v) is 1.64. The molecule has 0 saturated carbocycles. The van der Waals surface area contributed by atoms with Gasteiger partial charge in [0.15, 0.2) is 0 Å². The molecule has 0 aliphatic carbocycles. The number of carboxylic acids is 2. The molecule has 0 aromatic rings. The predicted octanol–water partition coefficient (Wildman–Crippen LogP) is 0.702. The van der Waals surface area contributed by atoms with Gasteiger partial charge in [-0.05, 0) is 6.42 Å². The van der Waals surface area contributed by atoms with E-state index in [4.69, 9.17) is 10.2 Å². The molecule has 0 aromatic heterocycles. The Morgan fingerprint density at radius 2 is 1.30 bits per heavy atom. The van der Waals surface area contributed by atoms with E-state index >= 15 is 0 Å². The Hall–Kier alpha value is -1.10. The van der Waals surface area contributed by atoms with Crippen molar-refractivity contribution < 1.29 is 19.8 Å². The molecule has 0 spiro atoms. The van der Waals surface area contributed by atoms with Gasteiger partial charge in [-0.15, -0.1) is 0 Å². The Balaban J connectivity index is 0. The van der Waals surface area contributed by atoms with Crippen LogP contribution in [-0.2, 0) is 9.59 Å². The molecule has 0 rings (SSSR count). The normalized spacial score (nSPS) is 8.00. The second kappa shape index (κ2) is 6.03. The average Bonchev–Trinajstić information content (AvgIpc) is 1.63. The van der Waals surface area contributed by atoms with Crippen molar-refractivity contribution in [3.8, 4) is 0 Å². The zero-order valence-corrected chi connectivity index (χ0v) is 5.83. The molecule has 0 radical (unpaired) electrons. The van der Waals surface area contributed by atoms with Gasteiger partial charge in [-0.1, -0.05) is 0 Å². The average molecular weight is 150 g/mol. The minimum absolute atomic E-state index is 0. The van der Waals surface area contributed by atoms with Gasteiger partial charge >= 0.3 is 11.9 Å². The molecule has 10 heavy (non-hydrogen) atoms. The van der Waals surface area contributed by atoms with E-state index in [1.807, 2.05) is 0 Å². The first-order chi connectivity index (χ1) is 4.13. The van der Waals surface area contributed by atoms with Crippen molar-refractivity contribution in [2.75, 3.05) is 0 Å². The maximum Gasteiger partial charge on any atom is 0.303 e. The van der Waals surface area contributed by atoms with E-state index < -0.39 is 11.9 Å². The van der Waals surface area contributed by atoms with Crippen LogP contribution in [0.25, 0.3) is 0 Å². The Bertz CT molecular complexity index is 109. The molecule has 0 saturated heterocycles. The molecule has 5 nitrogen and oxygen atoms in total. The summed E-state index contributed by atoms with van der Waals surface area (Å²) in [5.74, 6) is -1.90. The number of carboxylic acid groups (broad SMARTS) is 2. The Labute approximate surface area is 58.2 Å². The van der Waals surface area contributed by atoms with Crippen LogP contribution in [0.4, 0.5) is 0 Å². The molecule has 6 N–H and O–H groups in total. The standard InChI is InChI=1S/C5H8O4.H3N/c6-4(7)2-1-3-5(8)9;/h1-3H2,(H,6,7)(H,8,9);1H3/p+1. The summed E-state index contributed by atoms with van der Waals surface area (Å²) in [5.41, 5.74) is 0. The maximum atomic E-state index is 9.79. The highest BCUT2D eigenvalue weighted by Crippen LogP contribution is 1.93. The van der Waals surface area contributed by atoms with Gasteiger partial charge in [0.1, 0.15) is 0 Å². The summed E-state index contributed by atoms with van der Waals surface area (Å²) in [6.07, 6.45) is 0.0866. The van der Waals surface area contributed by atoms with Crippen LogP contribution < -0.4 is 6.15 Å².